The summed E-state index contributed by atoms with van der Waals surface area (Å²) in [4.78, 5) is 24.0. The van der Waals surface area contributed by atoms with Gasteiger partial charge in [-0.1, -0.05) is 25.7 Å². The fourth-order valence-electron chi connectivity index (χ4n) is 3.20. The van der Waals surface area contributed by atoms with Crippen molar-refractivity contribution in [1.29, 1.82) is 0 Å². The van der Waals surface area contributed by atoms with Crippen molar-refractivity contribution < 1.29 is 14.3 Å². The number of benzene rings is 1. The van der Waals surface area contributed by atoms with Crippen LogP contribution in [0.4, 0.5) is 0 Å². The molecule has 0 saturated heterocycles. The Bertz CT molecular complexity index is 534. The van der Waals surface area contributed by atoms with Gasteiger partial charge in [0.15, 0.2) is 5.78 Å². The van der Waals surface area contributed by atoms with Crippen LogP contribution in [0.25, 0.3) is 0 Å². The van der Waals surface area contributed by atoms with E-state index in [9.17, 15) is 9.59 Å². The van der Waals surface area contributed by atoms with Gasteiger partial charge >= 0.3 is 0 Å². The van der Waals surface area contributed by atoms with Gasteiger partial charge in [0, 0.05) is 37.5 Å². The SMILES string of the molecule is COc1ccc(C(=O)CCC(=O)NCCNC2CCCCCC2)cc1. The van der Waals surface area contributed by atoms with E-state index in [0.717, 1.165) is 12.3 Å². The number of hydrogen-bond donors (Lipinski definition) is 2. The van der Waals surface area contributed by atoms with E-state index in [0.29, 0.717) is 18.2 Å². The highest BCUT2D eigenvalue weighted by Gasteiger charge is 2.12. The molecule has 1 amide bonds. The number of carbonyl (C=O) groups excluding carboxylic acids is 2. The van der Waals surface area contributed by atoms with Crippen LogP contribution in [-0.2, 0) is 4.79 Å². The lowest BCUT2D eigenvalue weighted by Crippen LogP contribution is -2.36. The zero-order valence-electron chi connectivity index (χ0n) is 15.2. The molecule has 2 N–H and O–H groups in total. The molecule has 1 saturated carbocycles. The Morgan fingerprint density at radius 2 is 1.68 bits per heavy atom. The van der Waals surface area contributed by atoms with Crippen molar-refractivity contribution in [2.75, 3.05) is 20.2 Å². The maximum Gasteiger partial charge on any atom is 0.220 e. The number of rotatable bonds is 9. The van der Waals surface area contributed by atoms with Crippen LogP contribution in [0.15, 0.2) is 24.3 Å². The maximum absolute atomic E-state index is 12.1. The van der Waals surface area contributed by atoms with E-state index in [1.165, 1.54) is 38.5 Å². The lowest BCUT2D eigenvalue weighted by atomic mass is 10.1. The normalized spacial score (nSPS) is 15.4. The van der Waals surface area contributed by atoms with E-state index in [4.69, 9.17) is 4.74 Å². The van der Waals surface area contributed by atoms with E-state index >= 15 is 0 Å². The summed E-state index contributed by atoms with van der Waals surface area (Å²) >= 11 is 0. The first-order valence-electron chi connectivity index (χ1n) is 9.36. The third kappa shape index (κ3) is 7.26. The highest BCUT2D eigenvalue weighted by atomic mass is 16.5. The van der Waals surface area contributed by atoms with Crippen LogP contribution in [0, 0.1) is 0 Å². The topological polar surface area (TPSA) is 67.4 Å². The van der Waals surface area contributed by atoms with Crippen molar-refractivity contribution in [2.45, 2.75) is 57.4 Å². The van der Waals surface area contributed by atoms with Gasteiger partial charge in [0.1, 0.15) is 5.75 Å². The quantitative estimate of drug-likeness (QED) is 0.410. The van der Waals surface area contributed by atoms with E-state index in [-0.39, 0.29) is 24.5 Å². The zero-order valence-corrected chi connectivity index (χ0v) is 15.2. The van der Waals surface area contributed by atoms with Crippen LogP contribution in [0.3, 0.4) is 0 Å². The summed E-state index contributed by atoms with van der Waals surface area (Å²) in [6, 6.07) is 7.57. The van der Waals surface area contributed by atoms with Crippen molar-refractivity contribution in [2.24, 2.45) is 0 Å². The third-order valence-corrected chi connectivity index (χ3v) is 4.73. The first-order valence-corrected chi connectivity index (χ1v) is 9.36. The van der Waals surface area contributed by atoms with E-state index < -0.39 is 0 Å². The molecule has 0 spiro atoms. The van der Waals surface area contributed by atoms with Crippen molar-refractivity contribution in [1.82, 2.24) is 10.6 Å². The van der Waals surface area contributed by atoms with Crippen LogP contribution in [0.2, 0.25) is 0 Å². The summed E-state index contributed by atoms with van der Waals surface area (Å²) < 4.78 is 5.07. The summed E-state index contributed by atoms with van der Waals surface area (Å²) in [5.41, 5.74) is 0.614. The molecular weight excluding hydrogens is 316 g/mol. The molecule has 0 aliphatic heterocycles. The summed E-state index contributed by atoms with van der Waals surface area (Å²) in [6.45, 7) is 1.41. The predicted octanol–water partition coefficient (Wildman–Crippen LogP) is 3.09. The Kier molecular flexibility index (Phi) is 8.46. The number of hydrogen-bond acceptors (Lipinski definition) is 4. The Morgan fingerprint density at radius 1 is 1.00 bits per heavy atom. The second-order valence-electron chi connectivity index (χ2n) is 6.64. The van der Waals surface area contributed by atoms with Crippen LogP contribution >= 0.6 is 0 Å². The summed E-state index contributed by atoms with van der Waals surface area (Å²) in [5.74, 6) is 0.634. The molecule has 0 aromatic heterocycles. The minimum atomic E-state index is -0.0653. The first kappa shape index (κ1) is 19.4. The van der Waals surface area contributed by atoms with Gasteiger partial charge in [-0.15, -0.1) is 0 Å². The standard InChI is InChI=1S/C20H30N2O3/c1-25-18-10-8-16(9-11-18)19(23)12-13-20(24)22-15-14-21-17-6-4-2-3-5-7-17/h8-11,17,21H,2-7,12-15H2,1H3,(H,22,24). The fourth-order valence-corrected chi connectivity index (χ4v) is 3.20. The van der Waals surface area contributed by atoms with Crippen LogP contribution in [0.5, 0.6) is 5.75 Å². The molecule has 5 heteroatoms. The average Bonchev–Trinajstić information content (AvgIpc) is 2.92. The minimum Gasteiger partial charge on any atom is -0.497 e. The van der Waals surface area contributed by atoms with Gasteiger partial charge in [-0.25, -0.2) is 0 Å². The molecular formula is C20H30N2O3. The number of ether oxygens (including phenoxy) is 1. The molecule has 1 aliphatic carbocycles. The largest absolute Gasteiger partial charge is 0.497 e. The second-order valence-corrected chi connectivity index (χ2v) is 6.64. The Morgan fingerprint density at radius 3 is 2.32 bits per heavy atom. The summed E-state index contributed by atoms with van der Waals surface area (Å²) in [6.07, 6.45) is 8.24. The number of ketones is 1. The first-order chi connectivity index (χ1) is 12.2. The molecule has 1 fully saturated rings. The number of amides is 1. The molecule has 138 valence electrons. The summed E-state index contributed by atoms with van der Waals surface area (Å²) in [7, 11) is 1.59. The Hall–Kier alpha value is -1.88. The van der Waals surface area contributed by atoms with Crippen molar-refractivity contribution in [3.63, 3.8) is 0 Å². The van der Waals surface area contributed by atoms with Gasteiger partial charge in [0.2, 0.25) is 5.91 Å². The monoisotopic (exact) mass is 346 g/mol. The molecule has 5 nitrogen and oxygen atoms in total. The van der Waals surface area contributed by atoms with Crippen molar-refractivity contribution >= 4 is 11.7 Å². The minimum absolute atomic E-state index is 0.0191. The number of carbonyl (C=O) groups is 2. The Balaban J connectivity index is 1.59. The molecule has 0 atom stereocenters. The number of Topliss-reactive ketones (excluding diaryl/α,β-unsaturated/α-hetero) is 1. The molecule has 1 aromatic rings. The Labute approximate surface area is 150 Å². The van der Waals surface area contributed by atoms with E-state index in [1.54, 1.807) is 31.4 Å². The van der Waals surface area contributed by atoms with Crippen LogP contribution in [-0.4, -0.2) is 37.9 Å². The molecule has 2 rings (SSSR count). The second kappa shape index (κ2) is 10.9. The van der Waals surface area contributed by atoms with Gasteiger partial charge in [-0.2, -0.15) is 0 Å². The molecule has 1 aromatic carbocycles. The summed E-state index contributed by atoms with van der Waals surface area (Å²) in [5, 5.41) is 6.41. The molecule has 0 radical (unpaired) electrons. The number of nitrogens with one attached hydrogen (secondary N) is 2. The average molecular weight is 346 g/mol. The van der Waals surface area contributed by atoms with Gasteiger partial charge < -0.3 is 15.4 Å². The molecule has 0 bridgehead atoms. The highest BCUT2D eigenvalue weighted by Crippen LogP contribution is 2.17. The van der Waals surface area contributed by atoms with E-state index in [2.05, 4.69) is 10.6 Å². The third-order valence-electron chi connectivity index (χ3n) is 4.73. The van der Waals surface area contributed by atoms with Gasteiger partial charge in [0.05, 0.1) is 7.11 Å². The highest BCUT2D eigenvalue weighted by molar-refractivity contribution is 5.98. The predicted molar refractivity (Wildman–Crippen MR) is 99.1 cm³/mol. The molecule has 1 aliphatic rings. The van der Waals surface area contributed by atoms with Crippen molar-refractivity contribution in [3.05, 3.63) is 29.8 Å². The lowest BCUT2D eigenvalue weighted by molar-refractivity contribution is -0.121. The number of methoxy groups -OCH3 is 1. The zero-order chi connectivity index (χ0) is 17.9. The fraction of sp³-hybridized carbons (Fsp3) is 0.600. The lowest BCUT2D eigenvalue weighted by Gasteiger charge is -2.16. The van der Waals surface area contributed by atoms with E-state index in [1.807, 2.05) is 0 Å². The maximum atomic E-state index is 12.1. The van der Waals surface area contributed by atoms with Gasteiger partial charge in [0.25, 0.3) is 0 Å². The van der Waals surface area contributed by atoms with Gasteiger partial charge in [-0.05, 0) is 37.1 Å². The molecule has 25 heavy (non-hydrogen) atoms. The van der Waals surface area contributed by atoms with Crippen LogP contribution < -0.4 is 15.4 Å². The van der Waals surface area contributed by atoms with Crippen molar-refractivity contribution in [3.8, 4) is 5.75 Å². The smallest absolute Gasteiger partial charge is 0.220 e. The van der Waals surface area contributed by atoms with Crippen LogP contribution in [0.1, 0.15) is 61.7 Å². The van der Waals surface area contributed by atoms with Gasteiger partial charge in [-0.3, -0.25) is 9.59 Å². The molecule has 0 heterocycles. The molecule has 0 unspecified atom stereocenters.